The van der Waals surface area contributed by atoms with Crippen molar-refractivity contribution in [2.75, 3.05) is 19.0 Å². The van der Waals surface area contributed by atoms with Crippen molar-refractivity contribution in [3.05, 3.63) is 30.1 Å². The number of hydrogen-bond acceptors (Lipinski definition) is 4. The molecule has 1 aromatic heterocycles. The smallest absolute Gasteiger partial charge is 0.208 e. The topological polar surface area (TPSA) is 50.8 Å². The predicted octanol–water partition coefficient (Wildman–Crippen LogP) is 3.77. The Morgan fingerprint density at radius 2 is 2.10 bits per heavy atom. The lowest BCUT2D eigenvalue weighted by molar-refractivity contribution is 0.138. The highest BCUT2D eigenvalue weighted by Crippen LogP contribution is 2.21. The number of rotatable bonds is 8. The normalized spacial score (nSPS) is 11.2. The van der Waals surface area contributed by atoms with Crippen molar-refractivity contribution in [3.8, 4) is 11.4 Å². The fraction of sp³-hybridized carbons (Fsp3) is 0.467. The Balaban J connectivity index is 1.78. The van der Waals surface area contributed by atoms with Crippen LogP contribution < -0.4 is 0 Å². The molecule has 4 nitrogen and oxygen atoms in total. The zero-order valence-electron chi connectivity index (χ0n) is 12.3. The molecule has 0 fully saturated rings. The van der Waals surface area contributed by atoms with E-state index in [2.05, 4.69) is 29.0 Å². The van der Waals surface area contributed by atoms with Gasteiger partial charge in [0, 0.05) is 12.4 Å². The molecule has 0 saturated heterocycles. The summed E-state index contributed by atoms with van der Waals surface area (Å²) in [6.07, 6.45) is 1.07. The number of aromatic nitrogens is 3. The van der Waals surface area contributed by atoms with Gasteiger partial charge < -0.3 is 4.74 Å². The Bertz CT molecular complexity index is 559. The van der Waals surface area contributed by atoms with E-state index in [4.69, 9.17) is 4.74 Å². The minimum atomic E-state index is -0.304. The van der Waals surface area contributed by atoms with Crippen molar-refractivity contribution < 1.29 is 9.13 Å². The van der Waals surface area contributed by atoms with Crippen LogP contribution in [0.3, 0.4) is 0 Å². The molecule has 0 unspecified atom stereocenters. The number of nitrogens with one attached hydrogen (secondary N) is 1. The third-order valence-corrected chi connectivity index (χ3v) is 3.70. The van der Waals surface area contributed by atoms with Gasteiger partial charge in [-0.1, -0.05) is 37.7 Å². The number of benzene rings is 1. The molecular weight excluding hydrogens is 289 g/mol. The van der Waals surface area contributed by atoms with Gasteiger partial charge in [-0.15, -0.1) is 5.10 Å². The summed E-state index contributed by atoms with van der Waals surface area (Å²) in [5, 5.41) is 7.46. The minimum absolute atomic E-state index is 0.304. The van der Waals surface area contributed by atoms with Gasteiger partial charge in [0.15, 0.2) is 5.82 Å². The first-order chi connectivity index (χ1) is 10.2. The average Bonchev–Trinajstić information content (AvgIpc) is 2.91. The van der Waals surface area contributed by atoms with Crippen LogP contribution in [0.25, 0.3) is 11.4 Å². The maximum Gasteiger partial charge on any atom is 0.208 e. The van der Waals surface area contributed by atoms with Gasteiger partial charge in [-0.2, -0.15) is 0 Å². The van der Waals surface area contributed by atoms with Gasteiger partial charge in [-0.05, 0) is 24.5 Å². The first-order valence-electron chi connectivity index (χ1n) is 7.04. The molecule has 0 aliphatic carbocycles. The maximum absolute atomic E-state index is 13.6. The Kier molecular flexibility index (Phi) is 6.20. The summed E-state index contributed by atoms with van der Waals surface area (Å²) in [5.41, 5.74) is 0.435. The van der Waals surface area contributed by atoms with E-state index < -0.39 is 0 Å². The van der Waals surface area contributed by atoms with Gasteiger partial charge in [-0.3, -0.25) is 5.10 Å². The Hall–Kier alpha value is -1.40. The van der Waals surface area contributed by atoms with E-state index >= 15 is 0 Å². The van der Waals surface area contributed by atoms with E-state index in [0.717, 1.165) is 18.8 Å². The van der Waals surface area contributed by atoms with E-state index in [1.54, 1.807) is 18.2 Å². The molecule has 0 amide bonds. The molecule has 114 valence electrons. The van der Waals surface area contributed by atoms with Crippen molar-refractivity contribution in [2.45, 2.75) is 25.4 Å². The molecule has 2 rings (SSSR count). The van der Waals surface area contributed by atoms with Crippen LogP contribution in [0.15, 0.2) is 29.4 Å². The van der Waals surface area contributed by atoms with E-state index in [1.807, 2.05) is 0 Å². The Morgan fingerprint density at radius 3 is 2.86 bits per heavy atom. The fourth-order valence-corrected chi connectivity index (χ4v) is 2.35. The summed E-state index contributed by atoms with van der Waals surface area (Å²) in [5.74, 6) is 1.60. The molecule has 0 atom stereocenters. The Labute approximate surface area is 128 Å². The molecule has 0 saturated carbocycles. The van der Waals surface area contributed by atoms with Gasteiger partial charge in [-0.25, -0.2) is 9.37 Å². The minimum Gasteiger partial charge on any atom is -0.381 e. The largest absolute Gasteiger partial charge is 0.381 e. The highest BCUT2D eigenvalue weighted by Gasteiger charge is 2.09. The SMILES string of the molecule is CC(C)CCOCCSc1n[nH]c(-c2ccccc2F)n1. The van der Waals surface area contributed by atoms with Gasteiger partial charge in [0.2, 0.25) is 5.16 Å². The third kappa shape index (κ3) is 5.13. The number of aromatic amines is 1. The zero-order chi connectivity index (χ0) is 15.1. The second kappa shape index (κ2) is 8.14. The molecule has 0 radical (unpaired) electrons. The van der Waals surface area contributed by atoms with Gasteiger partial charge >= 0.3 is 0 Å². The van der Waals surface area contributed by atoms with Gasteiger partial charge in [0.25, 0.3) is 0 Å². The summed E-state index contributed by atoms with van der Waals surface area (Å²) in [6, 6.07) is 6.52. The second-order valence-electron chi connectivity index (χ2n) is 5.09. The molecule has 0 spiro atoms. The molecular formula is C15H20FN3OS. The van der Waals surface area contributed by atoms with Crippen LogP contribution in [0, 0.1) is 11.7 Å². The number of halogens is 1. The summed E-state index contributed by atoms with van der Waals surface area (Å²) in [7, 11) is 0. The highest BCUT2D eigenvalue weighted by atomic mass is 32.2. The predicted molar refractivity (Wildman–Crippen MR) is 82.8 cm³/mol. The van der Waals surface area contributed by atoms with E-state index in [-0.39, 0.29) is 5.82 Å². The number of ether oxygens (including phenoxy) is 1. The zero-order valence-corrected chi connectivity index (χ0v) is 13.1. The van der Waals surface area contributed by atoms with Crippen LogP contribution in [0.4, 0.5) is 4.39 Å². The maximum atomic E-state index is 13.6. The number of H-pyrrole nitrogens is 1. The molecule has 0 aliphatic rings. The first kappa shape index (κ1) is 16.0. The number of thioether (sulfide) groups is 1. The van der Waals surface area contributed by atoms with Crippen LogP contribution in [-0.4, -0.2) is 34.1 Å². The third-order valence-electron chi connectivity index (χ3n) is 2.89. The van der Waals surface area contributed by atoms with E-state index in [1.165, 1.54) is 17.8 Å². The molecule has 6 heteroatoms. The van der Waals surface area contributed by atoms with Crippen LogP contribution in [0.2, 0.25) is 0 Å². The van der Waals surface area contributed by atoms with Crippen LogP contribution in [-0.2, 0) is 4.74 Å². The van der Waals surface area contributed by atoms with E-state index in [9.17, 15) is 4.39 Å². The van der Waals surface area contributed by atoms with Crippen molar-refractivity contribution in [3.63, 3.8) is 0 Å². The lowest BCUT2D eigenvalue weighted by Gasteiger charge is -2.05. The molecule has 2 aromatic rings. The average molecular weight is 309 g/mol. The first-order valence-corrected chi connectivity index (χ1v) is 8.03. The highest BCUT2D eigenvalue weighted by molar-refractivity contribution is 7.99. The second-order valence-corrected chi connectivity index (χ2v) is 6.15. The number of nitrogens with zero attached hydrogens (tertiary/aromatic N) is 2. The molecule has 0 bridgehead atoms. The molecule has 21 heavy (non-hydrogen) atoms. The van der Waals surface area contributed by atoms with Crippen LogP contribution >= 0.6 is 11.8 Å². The number of hydrogen-bond donors (Lipinski definition) is 1. The van der Waals surface area contributed by atoms with Gasteiger partial charge in [0.1, 0.15) is 5.82 Å². The summed E-state index contributed by atoms with van der Waals surface area (Å²) >= 11 is 1.50. The lowest BCUT2D eigenvalue weighted by atomic mass is 10.1. The fourth-order valence-electron chi connectivity index (χ4n) is 1.70. The summed E-state index contributed by atoms with van der Waals surface area (Å²) in [6.45, 7) is 5.81. The molecule has 1 heterocycles. The standard InChI is InChI=1S/C15H20FN3OS/c1-11(2)7-8-20-9-10-21-15-17-14(18-19-15)12-5-3-4-6-13(12)16/h3-6,11H,7-10H2,1-2H3,(H,17,18,19). The lowest BCUT2D eigenvalue weighted by Crippen LogP contribution is -2.02. The van der Waals surface area contributed by atoms with Crippen LogP contribution in [0.5, 0.6) is 0 Å². The van der Waals surface area contributed by atoms with Crippen molar-refractivity contribution in [2.24, 2.45) is 5.92 Å². The molecule has 1 N–H and O–H groups in total. The summed E-state index contributed by atoms with van der Waals surface area (Å²) < 4.78 is 19.2. The monoisotopic (exact) mass is 309 g/mol. The van der Waals surface area contributed by atoms with Crippen molar-refractivity contribution in [1.82, 2.24) is 15.2 Å². The Morgan fingerprint density at radius 1 is 1.29 bits per heavy atom. The van der Waals surface area contributed by atoms with Crippen molar-refractivity contribution in [1.29, 1.82) is 0 Å². The van der Waals surface area contributed by atoms with Crippen LogP contribution in [0.1, 0.15) is 20.3 Å². The molecule has 1 aromatic carbocycles. The molecule has 0 aliphatic heterocycles. The van der Waals surface area contributed by atoms with E-state index in [0.29, 0.717) is 29.1 Å². The van der Waals surface area contributed by atoms with Gasteiger partial charge in [0.05, 0.1) is 12.2 Å². The van der Waals surface area contributed by atoms with Crippen molar-refractivity contribution >= 4 is 11.8 Å². The quantitative estimate of drug-likeness (QED) is 0.596. The summed E-state index contributed by atoms with van der Waals surface area (Å²) in [4.78, 5) is 4.29.